The third-order valence-electron chi connectivity index (χ3n) is 5.53. The van der Waals surface area contributed by atoms with Gasteiger partial charge in [0.15, 0.2) is 0 Å². The first-order valence-electron chi connectivity index (χ1n) is 10.0. The van der Waals surface area contributed by atoms with Gasteiger partial charge in [-0.15, -0.1) is 0 Å². The van der Waals surface area contributed by atoms with Crippen LogP contribution in [0.2, 0.25) is 0 Å². The van der Waals surface area contributed by atoms with Crippen molar-refractivity contribution in [2.24, 2.45) is 0 Å². The Morgan fingerprint density at radius 1 is 0.667 bits per heavy atom. The summed E-state index contributed by atoms with van der Waals surface area (Å²) < 4.78 is 0. The minimum absolute atomic E-state index is 0.213. The summed E-state index contributed by atoms with van der Waals surface area (Å²) in [4.78, 5) is 20.8. The van der Waals surface area contributed by atoms with Crippen LogP contribution in [-0.4, -0.2) is 24.9 Å². The molecule has 0 spiro atoms. The van der Waals surface area contributed by atoms with Crippen molar-refractivity contribution in [1.82, 2.24) is 24.9 Å². The average Bonchev–Trinajstić information content (AvgIpc) is 3.53. The van der Waals surface area contributed by atoms with Crippen LogP contribution in [0.15, 0.2) is 73.1 Å². The molecule has 6 heterocycles. The molecule has 0 amide bonds. The van der Waals surface area contributed by atoms with Crippen LogP contribution in [0.1, 0.15) is 34.3 Å². The molecule has 0 aliphatic carbocycles. The lowest BCUT2D eigenvalue weighted by atomic mass is 9.94. The first-order chi connectivity index (χ1) is 14.8. The van der Waals surface area contributed by atoms with Crippen LogP contribution >= 0.6 is 0 Å². The molecule has 2 N–H and O–H groups in total. The molecule has 5 nitrogen and oxygen atoms in total. The van der Waals surface area contributed by atoms with E-state index in [-0.39, 0.29) is 5.92 Å². The van der Waals surface area contributed by atoms with Crippen LogP contribution in [-0.2, 0) is 6.42 Å². The Hall–Kier alpha value is -3.99. The van der Waals surface area contributed by atoms with E-state index in [0.717, 1.165) is 51.3 Å². The van der Waals surface area contributed by atoms with Crippen molar-refractivity contribution in [3.8, 4) is 0 Å². The Balaban J connectivity index is 1.62. The second-order valence-electron chi connectivity index (χ2n) is 7.68. The van der Waals surface area contributed by atoms with Crippen LogP contribution < -0.4 is 0 Å². The van der Waals surface area contributed by atoms with E-state index in [2.05, 4.69) is 75.6 Å². The highest BCUT2D eigenvalue weighted by molar-refractivity contribution is 5.74. The number of fused-ring (bicyclic) bond motifs is 8. The quantitative estimate of drug-likeness (QED) is 0.411. The molecule has 1 atom stereocenters. The number of hydrogen-bond donors (Lipinski definition) is 2. The van der Waals surface area contributed by atoms with E-state index < -0.39 is 0 Å². The zero-order valence-corrected chi connectivity index (χ0v) is 16.2. The van der Waals surface area contributed by atoms with Gasteiger partial charge < -0.3 is 9.97 Å². The molecule has 0 fully saturated rings. The molecule has 0 saturated heterocycles. The van der Waals surface area contributed by atoms with Gasteiger partial charge in [-0.2, -0.15) is 0 Å². The van der Waals surface area contributed by atoms with Crippen molar-refractivity contribution >= 4 is 34.2 Å². The van der Waals surface area contributed by atoms with Gasteiger partial charge in [0, 0.05) is 52.5 Å². The molecule has 8 bridgehead atoms. The van der Waals surface area contributed by atoms with Gasteiger partial charge in [0.2, 0.25) is 0 Å². The minimum Gasteiger partial charge on any atom is -0.355 e. The van der Waals surface area contributed by atoms with Gasteiger partial charge in [0.25, 0.3) is 0 Å². The van der Waals surface area contributed by atoms with E-state index in [4.69, 9.17) is 9.97 Å². The summed E-state index contributed by atoms with van der Waals surface area (Å²) in [5.74, 6) is 0.213. The Morgan fingerprint density at radius 3 is 1.93 bits per heavy atom. The molecule has 4 aromatic rings. The summed E-state index contributed by atoms with van der Waals surface area (Å²) >= 11 is 0. The lowest BCUT2D eigenvalue weighted by Crippen LogP contribution is -1.98. The highest BCUT2D eigenvalue weighted by atomic mass is 14.8. The molecule has 2 aliphatic heterocycles. The van der Waals surface area contributed by atoms with Gasteiger partial charge in [-0.25, -0.2) is 4.98 Å². The highest BCUT2D eigenvalue weighted by Crippen LogP contribution is 2.31. The summed E-state index contributed by atoms with van der Waals surface area (Å²) in [6.07, 6.45) is 8.62. The van der Waals surface area contributed by atoms with Gasteiger partial charge in [0.1, 0.15) is 0 Å². The number of nitrogens with zero attached hydrogens (tertiary/aromatic N) is 3. The van der Waals surface area contributed by atoms with Gasteiger partial charge >= 0.3 is 0 Å². The molecule has 5 heteroatoms. The number of hydrogen-bond acceptors (Lipinski definition) is 3. The second-order valence-corrected chi connectivity index (χ2v) is 7.68. The van der Waals surface area contributed by atoms with E-state index in [1.54, 1.807) is 0 Å². The summed E-state index contributed by atoms with van der Waals surface area (Å²) in [6, 6.07) is 20.9. The van der Waals surface area contributed by atoms with Crippen molar-refractivity contribution in [2.45, 2.75) is 12.3 Å². The molecule has 0 radical (unpaired) electrons. The number of aromatic nitrogens is 5. The number of aromatic amines is 2. The minimum atomic E-state index is 0.213. The van der Waals surface area contributed by atoms with Crippen molar-refractivity contribution < 1.29 is 0 Å². The fourth-order valence-corrected chi connectivity index (χ4v) is 4.12. The zero-order valence-electron chi connectivity index (χ0n) is 16.2. The van der Waals surface area contributed by atoms with E-state index in [1.807, 2.05) is 24.5 Å². The maximum Gasteiger partial charge on any atom is 0.0658 e. The number of rotatable bonds is 1. The molecule has 4 aromatic heterocycles. The molecule has 144 valence electrons. The average molecular weight is 389 g/mol. The number of pyridine rings is 1. The molecule has 0 aromatic carbocycles. The monoisotopic (exact) mass is 389 g/mol. The fourth-order valence-electron chi connectivity index (χ4n) is 4.12. The predicted octanol–water partition coefficient (Wildman–Crippen LogP) is 5.25. The maximum atomic E-state index is 4.98. The van der Waals surface area contributed by atoms with E-state index in [0.29, 0.717) is 0 Å². The van der Waals surface area contributed by atoms with Gasteiger partial charge in [-0.05, 0) is 78.4 Å². The Labute approximate surface area is 173 Å². The first kappa shape index (κ1) is 16.9. The van der Waals surface area contributed by atoms with Gasteiger partial charge in [-0.3, -0.25) is 9.97 Å². The van der Waals surface area contributed by atoms with Crippen molar-refractivity contribution in [3.05, 3.63) is 101 Å². The largest absolute Gasteiger partial charge is 0.355 e. The second kappa shape index (κ2) is 6.81. The van der Waals surface area contributed by atoms with Gasteiger partial charge in [0.05, 0.1) is 17.1 Å². The maximum absolute atomic E-state index is 4.98. The summed E-state index contributed by atoms with van der Waals surface area (Å²) in [5.41, 5.74) is 9.35. The van der Waals surface area contributed by atoms with Gasteiger partial charge in [-0.1, -0.05) is 0 Å². The van der Waals surface area contributed by atoms with Crippen molar-refractivity contribution in [2.75, 3.05) is 0 Å². The first-order valence-corrected chi connectivity index (χ1v) is 10.0. The molecular formula is C25H19N5. The Bertz CT molecular complexity index is 1430. The number of H-pyrrole nitrogens is 2. The van der Waals surface area contributed by atoms with Crippen LogP contribution in [0.25, 0.3) is 34.2 Å². The third kappa shape index (κ3) is 3.20. The molecule has 2 aliphatic rings. The van der Waals surface area contributed by atoms with Crippen LogP contribution in [0.4, 0.5) is 0 Å². The molecule has 1 unspecified atom stereocenters. The summed E-state index contributed by atoms with van der Waals surface area (Å²) in [6.45, 7) is 0. The lowest BCUT2D eigenvalue weighted by molar-refractivity contribution is 0.844. The fraction of sp³-hybridized carbons (Fsp3) is 0.0800. The van der Waals surface area contributed by atoms with E-state index in [9.17, 15) is 0 Å². The number of nitrogens with one attached hydrogen (secondary N) is 2. The van der Waals surface area contributed by atoms with E-state index in [1.165, 1.54) is 5.56 Å². The standard InChI is InChI=1S/C25H19N5/c1-2-18-12-20-5-6-22(29-20)15-25-24(16-7-9-26-10-8-16)14-23(30-25)13-21-4-3-19(28-21)11-17(1)27-18/h1-13,15,24,28-29H,14H2. The predicted molar refractivity (Wildman–Crippen MR) is 120 cm³/mol. The third-order valence-corrected chi connectivity index (χ3v) is 5.53. The molecular weight excluding hydrogens is 370 g/mol. The summed E-state index contributed by atoms with van der Waals surface area (Å²) in [7, 11) is 0. The smallest absolute Gasteiger partial charge is 0.0658 e. The van der Waals surface area contributed by atoms with Crippen molar-refractivity contribution in [1.29, 1.82) is 0 Å². The van der Waals surface area contributed by atoms with Crippen LogP contribution in [0.5, 0.6) is 0 Å². The zero-order chi connectivity index (χ0) is 19.9. The van der Waals surface area contributed by atoms with Crippen LogP contribution in [0.3, 0.4) is 0 Å². The summed E-state index contributed by atoms with van der Waals surface area (Å²) in [5, 5.41) is 0. The van der Waals surface area contributed by atoms with Crippen molar-refractivity contribution in [3.63, 3.8) is 0 Å². The molecule has 30 heavy (non-hydrogen) atoms. The van der Waals surface area contributed by atoms with E-state index >= 15 is 0 Å². The normalized spacial score (nSPS) is 15.4. The highest BCUT2D eigenvalue weighted by Gasteiger charge is 2.22. The molecule has 6 rings (SSSR count). The Kier molecular flexibility index (Phi) is 3.84. The topological polar surface area (TPSA) is 70.2 Å². The molecule has 0 saturated carbocycles. The Morgan fingerprint density at radius 2 is 1.27 bits per heavy atom. The lowest BCUT2D eigenvalue weighted by Gasteiger charge is -2.08. The SMILES string of the molecule is C1=Cc2cc3ccc(cc4nc(cc5ccc(cc1n2)[nH]5)CC4c1ccncc1)[nH]3. The van der Waals surface area contributed by atoms with Crippen LogP contribution in [0, 0.1) is 0 Å².